The first kappa shape index (κ1) is 9.77. The Hall–Kier alpha value is -0.770. The molecule has 2 rings (SSSR count). The second-order valence-corrected chi connectivity index (χ2v) is 4.96. The van der Waals surface area contributed by atoms with Crippen LogP contribution in [0.25, 0.3) is 0 Å². The first-order valence-corrected chi connectivity index (χ1v) is 5.08. The van der Waals surface area contributed by atoms with Gasteiger partial charge in [0.1, 0.15) is 5.60 Å². The van der Waals surface area contributed by atoms with Crippen molar-refractivity contribution in [1.29, 1.82) is 0 Å². The zero-order valence-electron chi connectivity index (χ0n) is 8.87. The molecule has 3 atom stereocenters. The summed E-state index contributed by atoms with van der Waals surface area (Å²) in [6.45, 7) is 6.41. The number of carbonyl (C=O) groups is 1. The fourth-order valence-corrected chi connectivity index (χ4v) is 1.89. The van der Waals surface area contributed by atoms with Gasteiger partial charge in [0, 0.05) is 12.5 Å². The quantitative estimate of drug-likeness (QED) is 0.692. The molecule has 2 fully saturated rings. The standard InChI is InChI=1S/C10H17NO3/c1-10(2,3)14-9(12)11-7-6-4-5-13-8(6)7/h6-8H,4-5H2,1-3H3,(H,11,12). The second kappa shape index (κ2) is 3.12. The van der Waals surface area contributed by atoms with E-state index in [-0.39, 0.29) is 18.2 Å². The highest BCUT2D eigenvalue weighted by Gasteiger charge is 2.55. The predicted octanol–water partition coefficient (Wildman–Crippen LogP) is 1.30. The maximum absolute atomic E-state index is 11.4. The molecule has 0 aromatic rings. The van der Waals surface area contributed by atoms with Crippen LogP contribution < -0.4 is 5.32 Å². The number of hydrogen-bond acceptors (Lipinski definition) is 3. The smallest absolute Gasteiger partial charge is 0.407 e. The lowest BCUT2D eigenvalue weighted by Gasteiger charge is -2.20. The van der Waals surface area contributed by atoms with E-state index in [2.05, 4.69) is 5.32 Å². The average Bonchev–Trinajstić information content (AvgIpc) is 2.50. The van der Waals surface area contributed by atoms with Crippen molar-refractivity contribution in [2.24, 2.45) is 5.92 Å². The number of nitrogens with one attached hydrogen (secondary N) is 1. The zero-order valence-corrected chi connectivity index (χ0v) is 8.87. The number of alkyl carbamates (subject to hydrolysis) is 1. The van der Waals surface area contributed by atoms with Crippen LogP contribution in [0.3, 0.4) is 0 Å². The van der Waals surface area contributed by atoms with E-state index in [1.54, 1.807) is 0 Å². The SMILES string of the molecule is CC(C)(C)OC(=O)NC1C2CCOC21. The molecule has 0 aromatic heterocycles. The summed E-state index contributed by atoms with van der Waals surface area (Å²) in [5.74, 6) is 0.530. The number of hydrogen-bond donors (Lipinski definition) is 1. The fraction of sp³-hybridized carbons (Fsp3) is 0.900. The highest BCUT2D eigenvalue weighted by atomic mass is 16.6. The van der Waals surface area contributed by atoms with Gasteiger partial charge in [0.2, 0.25) is 0 Å². The number of fused-ring (bicyclic) bond motifs is 1. The molecule has 3 unspecified atom stereocenters. The normalized spacial score (nSPS) is 34.9. The van der Waals surface area contributed by atoms with Gasteiger partial charge in [-0.15, -0.1) is 0 Å². The van der Waals surface area contributed by atoms with Crippen LogP contribution in [0.4, 0.5) is 4.79 Å². The third-order valence-corrected chi connectivity index (χ3v) is 2.54. The summed E-state index contributed by atoms with van der Waals surface area (Å²) in [4.78, 5) is 11.4. The monoisotopic (exact) mass is 199 g/mol. The van der Waals surface area contributed by atoms with Crippen LogP contribution in [0.1, 0.15) is 27.2 Å². The molecule has 2 aliphatic rings. The van der Waals surface area contributed by atoms with Gasteiger partial charge in [0.25, 0.3) is 0 Å². The van der Waals surface area contributed by atoms with Gasteiger partial charge >= 0.3 is 6.09 Å². The molecule has 1 saturated heterocycles. The van der Waals surface area contributed by atoms with Crippen molar-refractivity contribution < 1.29 is 14.3 Å². The Morgan fingerprint density at radius 2 is 2.21 bits per heavy atom. The summed E-state index contributed by atoms with van der Waals surface area (Å²) in [7, 11) is 0. The molecule has 4 heteroatoms. The van der Waals surface area contributed by atoms with E-state index >= 15 is 0 Å². The minimum absolute atomic E-state index is 0.193. The molecule has 1 aliphatic heterocycles. The highest BCUT2D eigenvalue weighted by molar-refractivity contribution is 5.69. The maximum Gasteiger partial charge on any atom is 0.407 e. The molecule has 1 amide bonds. The second-order valence-electron chi connectivity index (χ2n) is 4.96. The molecular formula is C10H17NO3. The first-order chi connectivity index (χ1) is 6.47. The van der Waals surface area contributed by atoms with Gasteiger partial charge < -0.3 is 14.8 Å². The van der Waals surface area contributed by atoms with E-state index in [1.807, 2.05) is 20.8 Å². The Balaban J connectivity index is 1.74. The van der Waals surface area contributed by atoms with Crippen LogP contribution in [0.2, 0.25) is 0 Å². The van der Waals surface area contributed by atoms with Gasteiger partial charge in [-0.25, -0.2) is 4.79 Å². The Morgan fingerprint density at radius 1 is 1.50 bits per heavy atom. The average molecular weight is 199 g/mol. The van der Waals surface area contributed by atoms with Crippen molar-refractivity contribution in [1.82, 2.24) is 5.32 Å². The van der Waals surface area contributed by atoms with Crippen molar-refractivity contribution in [2.45, 2.75) is 44.9 Å². The molecular weight excluding hydrogens is 182 g/mol. The van der Waals surface area contributed by atoms with E-state index in [1.165, 1.54) is 0 Å². The summed E-state index contributed by atoms with van der Waals surface area (Å²) in [5, 5.41) is 2.83. The van der Waals surface area contributed by atoms with Gasteiger partial charge in [0.05, 0.1) is 12.1 Å². The summed E-state index contributed by atoms with van der Waals surface area (Å²) < 4.78 is 10.5. The Bertz CT molecular complexity index is 236. The van der Waals surface area contributed by atoms with Crippen molar-refractivity contribution in [3.05, 3.63) is 0 Å². The maximum atomic E-state index is 11.4. The Kier molecular flexibility index (Phi) is 2.18. The molecule has 0 spiro atoms. The third-order valence-electron chi connectivity index (χ3n) is 2.54. The minimum atomic E-state index is -0.422. The van der Waals surface area contributed by atoms with Crippen LogP contribution in [0.5, 0.6) is 0 Å². The van der Waals surface area contributed by atoms with E-state index in [0.29, 0.717) is 5.92 Å². The van der Waals surface area contributed by atoms with Crippen molar-refractivity contribution >= 4 is 6.09 Å². The molecule has 0 bridgehead atoms. The van der Waals surface area contributed by atoms with Crippen LogP contribution in [0, 0.1) is 5.92 Å². The van der Waals surface area contributed by atoms with Crippen LogP contribution >= 0.6 is 0 Å². The Labute approximate surface area is 84.0 Å². The van der Waals surface area contributed by atoms with Gasteiger partial charge in [-0.05, 0) is 27.2 Å². The van der Waals surface area contributed by atoms with E-state index in [9.17, 15) is 4.79 Å². The topological polar surface area (TPSA) is 47.6 Å². The molecule has 14 heavy (non-hydrogen) atoms. The zero-order chi connectivity index (χ0) is 10.3. The largest absolute Gasteiger partial charge is 0.444 e. The predicted molar refractivity (Wildman–Crippen MR) is 51.0 cm³/mol. The lowest BCUT2D eigenvalue weighted by Crippen LogP contribution is -2.35. The van der Waals surface area contributed by atoms with Crippen molar-refractivity contribution in [3.8, 4) is 0 Å². The Morgan fingerprint density at radius 3 is 2.71 bits per heavy atom. The van der Waals surface area contributed by atoms with Crippen molar-refractivity contribution in [2.75, 3.05) is 6.61 Å². The van der Waals surface area contributed by atoms with Gasteiger partial charge in [-0.3, -0.25) is 0 Å². The number of rotatable bonds is 1. The summed E-state index contributed by atoms with van der Waals surface area (Å²) in [6.07, 6.45) is 0.980. The molecule has 4 nitrogen and oxygen atoms in total. The van der Waals surface area contributed by atoms with Gasteiger partial charge in [0.15, 0.2) is 0 Å². The first-order valence-electron chi connectivity index (χ1n) is 5.08. The summed E-state index contributed by atoms with van der Waals surface area (Å²) in [6, 6.07) is 0.193. The molecule has 1 heterocycles. The lowest BCUT2D eigenvalue weighted by molar-refractivity contribution is 0.0494. The fourth-order valence-electron chi connectivity index (χ4n) is 1.89. The van der Waals surface area contributed by atoms with Gasteiger partial charge in [-0.2, -0.15) is 0 Å². The molecule has 1 N–H and O–H groups in total. The molecule has 80 valence electrons. The number of ether oxygens (including phenoxy) is 2. The molecule has 0 aromatic carbocycles. The number of amides is 1. The summed E-state index contributed by atoms with van der Waals surface area (Å²) in [5.41, 5.74) is -0.422. The number of carbonyl (C=O) groups excluding carboxylic acids is 1. The highest BCUT2D eigenvalue weighted by Crippen LogP contribution is 2.42. The van der Waals surface area contributed by atoms with Crippen LogP contribution in [-0.2, 0) is 9.47 Å². The molecule has 0 radical (unpaired) electrons. The van der Waals surface area contributed by atoms with Gasteiger partial charge in [-0.1, -0.05) is 0 Å². The van der Waals surface area contributed by atoms with E-state index in [0.717, 1.165) is 13.0 Å². The van der Waals surface area contributed by atoms with Crippen LogP contribution in [0.15, 0.2) is 0 Å². The minimum Gasteiger partial charge on any atom is -0.444 e. The van der Waals surface area contributed by atoms with E-state index in [4.69, 9.17) is 9.47 Å². The van der Waals surface area contributed by atoms with E-state index < -0.39 is 5.60 Å². The third kappa shape index (κ3) is 2.00. The lowest BCUT2D eigenvalue weighted by atomic mass is 10.2. The summed E-state index contributed by atoms with van der Waals surface area (Å²) >= 11 is 0. The molecule has 1 saturated carbocycles. The van der Waals surface area contributed by atoms with Crippen LogP contribution in [-0.4, -0.2) is 30.4 Å². The molecule has 1 aliphatic carbocycles. The van der Waals surface area contributed by atoms with Crippen molar-refractivity contribution in [3.63, 3.8) is 0 Å².